The van der Waals surface area contributed by atoms with Crippen LogP contribution in [0.15, 0.2) is 60.7 Å². The molecule has 0 saturated heterocycles. The Balaban J connectivity index is 1.74. The lowest BCUT2D eigenvalue weighted by atomic mass is 9.96. The van der Waals surface area contributed by atoms with Gasteiger partial charge in [-0.05, 0) is 52.8 Å². The topological polar surface area (TPSA) is 0 Å². The van der Waals surface area contributed by atoms with Crippen LogP contribution in [0.2, 0.25) is 0 Å². The Hall–Kier alpha value is -3.21. The third-order valence-corrected chi connectivity index (χ3v) is 5.14. The molecule has 0 aliphatic rings. The van der Waals surface area contributed by atoms with Gasteiger partial charge in [-0.1, -0.05) is 49.7 Å². The Bertz CT molecular complexity index is 1260. The average molecular weight is 412 g/mol. The molecule has 30 heavy (non-hydrogen) atoms. The van der Waals surface area contributed by atoms with E-state index in [1.165, 1.54) is 36.4 Å². The average Bonchev–Trinajstić information content (AvgIpc) is 2.72. The maximum atomic E-state index is 14.8. The molecular weight excluding hydrogens is 395 g/mol. The maximum absolute atomic E-state index is 14.8. The van der Waals surface area contributed by atoms with Crippen LogP contribution in [-0.2, 0) is 6.42 Å². The van der Waals surface area contributed by atoms with Crippen molar-refractivity contribution in [2.24, 2.45) is 0 Å². The standard InChI is InChI=1S/C25H17F5/c1-2-3-14-4-7-18(21(26)10-14)16-5-8-19(22(27)12-16)15-6-9-20-17(11-15)13-23(28)25(30)24(20)29/h4-13H,2-3H2,1H3. The zero-order valence-electron chi connectivity index (χ0n) is 16.1. The fraction of sp³-hybridized carbons (Fsp3) is 0.120. The van der Waals surface area contributed by atoms with Gasteiger partial charge in [0.25, 0.3) is 0 Å². The molecule has 0 N–H and O–H groups in total. The minimum absolute atomic E-state index is 0.0936. The molecule has 0 spiro atoms. The van der Waals surface area contributed by atoms with E-state index >= 15 is 0 Å². The quantitative estimate of drug-likeness (QED) is 0.237. The Labute approximate surface area is 170 Å². The molecule has 0 radical (unpaired) electrons. The van der Waals surface area contributed by atoms with Crippen LogP contribution in [0, 0.1) is 29.1 Å². The van der Waals surface area contributed by atoms with E-state index in [4.69, 9.17) is 0 Å². The smallest absolute Gasteiger partial charge is 0.195 e. The summed E-state index contributed by atoms with van der Waals surface area (Å²) in [5.74, 6) is -5.17. The van der Waals surface area contributed by atoms with Crippen molar-refractivity contribution in [2.45, 2.75) is 19.8 Å². The molecule has 0 nitrogen and oxygen atoms in total. The zero-order valence-corrected chi connectivity index (χ0v) is 16.1. The molecule has 0 heterocycles. The van der Waals surface area contributed by atoms with Crippen molar-refractivity contribution in [1.29, 1.82) is 0 Å². The second kappa shape index (κ2) is 7.90. The van der Waals surface area contributed by atoms with Crippen molar-refractivity contribution in [2.75, 3.05) is 0 Å². The van der Waals surface area contributed by atoms with E-state index < -0.39 is 29.1 Å². The molecule has 0 saturated carbocycles. The fourth-order valence-electron chi connectivity index (χ4n) is 3.63. The third-order valence-electron chi connectivity index (χ3n) is 5.14. The van der Waals surface area contributed by atoms with Gasteiger partial charge in [-0.3, -0.25) is 0 Å². The summed E-state index contributed by atoms with van der Waals surface area (Å²) < 4.78 is 70.2. The lowest BCUT2D eigenvalue weighted by Crippen LogP contribution is -1.94. The van der Waals surface area contributed by atoms with Gasteiger partial charge < -0.3 is 0 Å². The summed E-state index contributed by atoms with van der Waals surface area (Å²) in [6.07, 6.45) is 1.66. The molecule has 0 aromatic heterocycles. The Morgan fingerprint density at radius 1 is 0.600 bits per heavy atom. The highest BCUT2D eigenvalue weighted by Crippen LogP contribution is 2.32. The summed E-state index contributed by atoms with van der Waals surface area (Å²) in [5.41, 5.74) is 2.11. The second-order valence-electron chi connectivity index (χ2n) is 7.18. The van der Waals surface area contributed by atoms with E-state index in [0.717, 1.165) is 24.5 Å². The Morgan fingerprint density at radius 3 is 1.90 bits per heavy atom. The zero-order chi connectivity index (χ0) is 21.4. The van der Waals surface area contributed by atoms with E-state index in [9.17, 15) is 22.0 Å². The fourth-order valence-corrected chi connectivity index (χ4v) is 3.63. The SMILES string of the molecule is CCCc1ccc(-c2ccc(-c3ccc4c(F)c(F)c(F)cc4c3)c(F)c2)c(F)c1. The van der Waals surface area contributed by atoms with Gasteiger partial charge in [0.2, 0.25) is 0 Å². The van der Waals surface area contributed by atoms with Gasteiger partial charge in [-0.25, -0.2) is 22.0 Å². The summed E-state index contributed by atoms with van der Waals surface area (Å²) in [4.78, 5) is 0. The van der Waals surface area contributed by atoms with E-state index in [1.54, 1.807) is 12.1 Å². The summed E-state index contributed by atoms with van der Waals surface area (Å²) >= 11 is 0. The number of benzene rings is 4. The third kappa shape index (κ3) is 3.56. The molecule has 5 heteroatoms. The van der Waals surface area contributed by atoms with Crippen LogP contribution in [0.3, 0.4) is 0 Å². The van der Waals surface area contributed by atoms with E-state index in [2.05, 4.69) is 0 Å². The molecule has 0 atom stereocenters. The van der Waals surface area contributed by atoms with Crippen LogP contribution in [0.1, 0.15) is 18.9 Å². The normalized spacial score (nSPS) is 11.3. The number of aryl methyl sites for hydroxylation is 1. The highest BCUT2D eigenvalue weighted by molar-refractivity contribution is 5.88. The number of hydrogen-bond donors (Lipinski definition) is 0. The molecule has 4 aromatic carbocycles. The minimum atomic E-state index is -1.54. The predicted octanol–water partition coefficient (Wildman–Crippen LogP) is 7.82. The van der Waals surface area contributed by atoms with Gasteiger partial charge in [0.15, 0.2) is 17.5 Å². The van der Waals surface area contributed by atoms with Crippen LogP contribution >= 0.6 is 0 Å². The summed E-state index contributed by atoms with van der Waals surface area (Å²) in [6.45, 7) is 2.01. The van der Waals surface area contributed by atoms with Crippen LogP contribution in [0.4, 0.5) is 22.0 Å². The summed E-state index contributed by atoms with van der Waals surface area (Å²) in [7, 11) is 0. The highest BCUT2D eigenvalue weighted by Gasteiger charge is 2.15. The molecule has 0 aliphatic carbocycles. The first kappa shape index (κ1) is 20.1. The lowest BCUT2D eigenvalue weighted by molar-refractivity contribution is 0.453. The van der Waals surface area contributed by atoms with Crippen molar-refractivity contribution in [3.05, 3.63) is 95.3 Å². The van der Waals surface area contributed by atoms with Gasteiger partial charge in [-0.15, -0.1) is 0 Å². The Morgan fingerprint density at radius 2 is 1.23 bits per heavy atom. The van der Waals surface area contributed by atoms with E-state index in [-0.39, 0.29) is 16.3 Å². The van der Waals surface area contributed by atoms with Crippen molar-refractivity contribution in [1.82, 2.24) is 0 Å². The number of hydrogen-bond acceptors (Lipinski definition) is 0. The van der Waals surface area contributed by atoms with Crippen molar-refractivity contribution in [3.8, 4) is 22.3 Å². The molecule has 0 bridgehead atoms. The van der Waals surface area contributed by atoms with Crippen LogP contribution in [0.5, 0.6) is 0 Å². The number of halogens is 5. The van der Waals surface area contributed by atoms with Gasteiger partial charge >= 0.3 is 0 Å². The van der Waals surface area contributed by atoms with Crippen LogP contribution in [-0.4, -0.2) is 0 Å². The monoisotopic (exact) mass is 412 g/mol. The molecule has 0 unspecified atom stereocenters. The van der Waals surface area contributed by atoms with Crippen LogP contribution < -0.4 is 0 Å². The lowest BCUT2D eigenvalue weighted by Gasteiger charge is -2.10. The van der Waals surface area contributed by atoms with E-state index in [0.29, 0.717) is 16.7 Å². The van der Waals surface area contributed by atoms with Gasteiger partial charge in [0, 0.05) is 16.5 Å². The van der Waals surface area contributed by atoms with Crippen LogP contribution in [0.25, 0.3) is 33.0 Å². The second-order valence-corrected chi connectivity index (χ2v) is 7.18. The van der Waals surface area contributed by atoms with Crippen molar-refractivity contribution in [3.63, 3.8) is 0 Å². The summed E-state index contributed by atoms with van der Waals surface area (Å²) in [5, 5.41) is 0.0221. The first-order valence-electron chi connectivity index (χ1n) is 9.55. The minimum Gasteiger partial charge on any atom is -0.206 e. The van der Waals surface area contributed by atoms with Gasteiger partial charge in [-0.2, -0.15) is 0 Å². The van der Waals surface area contributed by atoms with Gasteiger partial charge in [0.05, 0.1) is 0 Å². The first-order chi connectivity index (χ1) is 14.4. The number of rotatable bonds is 4. The Kier molecular flexibility index (Phi) is 5.29. The first-order valence-corrected chi connectivity index (χ1v) is 9.55. The molecule has 4 aromatic rings. The highest BCUT2D eigenvalue weighted by atomic mass is 19.2. The molecule has 0 aliphatic heterocycles. The molecule has 152 valence electrons. The molecule has 0 fully saturated rings. The maximum Gasteiger partial charge on any atom is 0.195 e. The summed E-state index contributed by atoms with van der Waals surface area (Å²) in [6, 6.07) is 14.2. The van der Waals surface area contributed by atoms with E-state index in [1.807, 2.05) is 13.0 Å². The van der Waals surface area contributed by atoms with Crippen molar-refractivity contribution < 1.29 is 22.0 Å². The molecular formula is C25H17F5. The number of fused-ring (bicyclic) bond motifs is 1. The van der Waals surface area contributed by atoms with Crippen molar-refractivity contribution >= 4 is 10.8 Å². The molecule has 4 rings (SSSR count). The molecule has 0 amide bonds. The van der Waals surface area contributed by atoms with Gasteiger partial charge in [0.1, 0.15) is 11.6 Å². The largest absolute Gasteiger partial charge is 0.206 e. The predicted molar refractivity (Wildman–Crippen MR) is 109 cm³/mol.